The molecule has 2 N–H and O–H groups in total. The molecule has 6 nitrogen and oxygen atoms in total. The highest BCUT2D eigenvalue weighted by Gasteiger charge is 2.33. The minimum Gasteiger partial charge on any atom is -0.507 e. The van der Waals surface area contributed by atoms with Gasteiger partial charge in [0.05, 0.1) is 17.7 Å². The number of anilines is 1. The lowest BCUT2D eigenvalue weighted by molar-refractivity contribution is -0.113. The van der Waals surface area contributed by atoms with Crippen molar-refractivity contribution in [2.75, 3.05) is 12.0 Å². The quantitative estimate of drug-likeness (QED) is 0.613. The van der Waals surface area contributed by atoms with E-state index in [4.69, 9.17) is 22.1 Å². The van der Waals surface area contributed by atoms with Crippen molar-refractivity contribution in [3.05, 3.63) is 58.5 Å². The second-order valence-electron chi connectivity index (χ2n) is 5.30. The number of thiocarbonyl (C=S) groups is 1. The van der Waals surface area contributed by atoms with Gasteiger partial charge in [-0.2, -0.15) is 0 Å². The lowest BCUT2D eigenvalue weighted by Crippen LogP contribution is -2.27. The lowest BCUT2D eigenvalue weighted by atomic mass is 10.1. The third-order valence-electron chi connectivity index (χ3n) is 3.68. The normalized spacial score (nSPS) is 15.6. The Morgan fingerprint density at radius 1 is 1.23 bits per heavy atom. The van der Waals surface area contributed by atoms with Crippen LogP contribution in [-0.4, -0.2) is 33.5 Å². The number of rotatable bonds is 4. The molecular formula is C18H13NO5S2. The standard InChI is InChI=1S/C18H13NO5S2/c1-24-12-5-2-10(3-6-12)8-15-16(21)19(18(25)26-15)11-4-7-14(20)13(9-11)17(22)23/h2-9,20H,1H3,(H,22,23)/b15-8+. The van der Waals surface area contributed by atoms with Gasteiger partial charge in [-0.1, -0.05) is 36.1 Å². The number of aromatic carboxylic acids is 1. The molecule has 2 aromatic carbocycles. The minimum atomic E-state index is -1.29. The van der Waals surface area contributed by atoms with Crippen LogP contribution in [0.2, 0.25) is 0 Å². The van der Waals surface area contributed by atoms with Gasteiger partial charge in [0.25, 0.3) is 5.91 Å². The van der Waals surface area contributed by atoms with E-state index in [1.165, 1.54) is 23.1 Å². The van der Waals surface area contributed by atoms with Crippen LogP contribution in [0.5, 0.6) is 11.5 Å². The number of nitrogens with zero attached hydrogens (tertiary/aromatic N) is 1. The molecule has 1 aliphatic rings. The topological polar surface area (TPSA) is 87.1 Å². The summed E-state index contributed by atoms with van der Waals surface area (Å²) >= 11 is 6.40. The van der Waals surface area contributed by atoms with E-state index in [-0.39, 0.29) is 21.5 Å². The number of phenols is 1. The van der Waals surface area contributed by atoms with Gasteiger partial charge >= 0.3 is 5.97 Å². The van der Waals surface area contributed by atoms with E-state index in [0.717, 1.165) is 17.3 Å². The van der Waals surface area contributed by atoms with Crippen LogP contribution in [0.4, 0.5) is 5.69 Å². The van der Waals surface area contributed by atoms with Crippen molar-refractivity contribution in [2.24, 2.45) is 0 Å². The molecule has 132 valence electrons. The molecule has 8 heteroatoms. The summed E-state index contributed by atoms with van der Waals surface area (Å²) in [5, 5.41) is 18.8. The Bertz CT molecular complexity index is 937. The van der Waals surface area contributed by atoms with Crippen molar-refractivity contribution >= 4 is 51.9 Å². The molecule has 2 aromatic rings. The predicted octanol–water partition coefficient (Wildman–Crippen LogP) is 3.50. The van der Waals surface area contributed by atoms with Crippen molar-refractivity contribution < 1.29 is 24.5 Å². The SMILES string of the molecule is COc1ccc(/C=C2/SC(=S)N(c3ccc(O)c(C(=O)O)c3)C2=O)cc1. The smallest absolute Gasteiger partial charge is 0.339 e. The number of ether oxygens (including phenoxy) is 1. The van der Waals surface area contributed by atoms with Crippen molar-refractivity contribution in [1.29, 1.82) is 0 Å². The Kier molecular flexibility index (Phi) is 4.97. The van der Waals surface area contributed by atoms with Gasteiger partial charge in [0.1, 0.15) is 17.1 Å². The molecule has 1 heterocycles. The van der Waals surface area contributed by atoms with Gasteiger partial charge in [0.2, 0.25) is 0 Å². The second-order valence-corrected chi connectivity index (χ2v) is 6.97. The number of amides is 1. The third-order valence-corrected chi connectivity index (χ3v) is 4.98. The first-order valence-electron chi connectivity index (χ1n) is 7.39. The van der Waals surface area contributed by atoms with Gasteiger partial charge < -0.3 is 14.9 Å². The van der Waals surface area contributed by atoms with Crippen LogP contribution in [0.3, 0.4) is 0 Å². The minimum absolute atomic E-state index is 0.289. The summed E-state index contributed by atoms with van der Waals surface area (Å²) in [7, 11) is 1.57. The van der Waals surface area contributed by atoms with Crippen LogP contribution in [0.1, 0.15) is 15.9 Å². The molecule has 1 saturated heterocycles. The zero-order valence-corrected chi connectivity index (χ0v) is 15.1. The van der Waals surface area contributed by atoms with Gasteiger partial charge in [-0.15, -0.1) is 0 Å². The highest BCUT2D eigenvalue weighted by molar-refractivity contribution is 8.27. The summed E-state index contributed by atoms with van der Waals surface area (Å²) in [6.07, 6.45) is 1.71. The molecule has 0 unspecified atom stereocenters. The Hall–Kier alpha value is -2.84. The van der Waals surface area contributed by atoms with E-state index in [9.17, 15) is 14.7 Å². The molecule has 1 aliphatic heterocycles. The molecule has 0 saturated carbocycles. The van der Waals surface area contributed by atoms with Crippen LogP contribution in [0, 0.1) is 0 Å². The number of hydrogen-bond acceptors (Lipinski definition) is 6. The second kappa shape index (κ2) is 7.19. The van der Waals surface area contributed by atoms with Crippen molar-refractivity contribution in [3.8, 4) is 11.5 Å². The van der Waals surface area contributed by atoms with E-state index in [2.05, 4.69) is 0 Å². The number of carboxylic acid groups (broad SMARTS) is 1. The average molecular weight is 387 g/mol. The Balaban J connectivity index is 1.92. The molecular weight excluding hydrogens is 374 g/mol. The first-order chi connectivity index (χ1) is 12.4. The number of hydrogen-bond donors (Lipinski definition) is 2. The number of carbonyl (C=O) groups excluding carboxylic acids is 1. The van der Waals surface area contributed by atoms with Crippen LogP contribution >= 0.6 is 24.0 Å². The maximum Gasteiger partial charge on any atom is 0.339 e. The molecule has 26 heavy (non-hydrogen) atoms. The number of benzene rings is 2. The maximum atomic E-state index is 12.7. The number of methoxy groups -OCH3 is 1. The van der Waals surface area contributed by atoms with Crippen molar-refractivity contribution in [3.63, 3.8) is 0 Å². The zero-order valence-electron chi connectivity index (χ0n) is 13.5. The van der Waals surface area contributed by atoms with Gasteiger partial charge in [0.15, 0.2) is 4.32 Å². The molecule has 0 aliphatic carbocycles. The summed E-state index contributed by atoms with van der Waals surface area (Å²) in [4.78, 5) is 25.6. The van der Waals surface area contributed by atoms with E-state index >= 15 is 0 Å². The fourth-order valence-corrected chi connectivity index (χ4v) is 3.68. The highest BCUT2D eigenvalue weighted by Crippen LogP contribution is 2.37. The molecule has 0 spiro atoms. The van der Waals surface area contributed by atoms with Crippen LogP contribution in [-0.2, 0) is 4.79 Å². The molecule has 0 aromatic heterocycles. The van der Waals surface area contributed by atoms with E-state index < -0.39 is 5.97 Å². The van der Waals surface area contributed by atoms with Crippen LogP contribution < -0.4 is 9.64 Å². The van der Waals surface area contributed by atoms with Crippen LogP contribution in [0.25, 0.3) is 6.08 Å². The Morgan fingerprint density at radius 2 is 1.92 bits per heavy atom. The largest absolute Gasteiger partial charge is 0.507 e. The Labute approximate surface area is 158 Å². The highest BCUT2D eigenvalue weighted by atomic mass is 32.2. The fraction of sp³-hybridized carbons (Fsp3) is 0.0556. The maximum absolute atomic E-state index is 12.7. The molecule has 1 fully saturated rings. The van der Waals surface area contributed by atoms with Crippen LogP contribution in [0.15, 0.2) is 47.4 Å². The lowest BCUT2D eigenvalue weighted by Gasteiger charge is -2.15. The summed E-state index contributed by atoms with van der Waals surface area (Å²) in [6, 6.07) is 11.1. The first-order valence-corrected chi connectivity index (χ1v) is 8.61. The average Bonchev–Trinajstić information content (AvgIpc) is 2.89. The number of aromatic hydroxyl groups is 1. The number of thioether (sulfide) groups is 1. The number of carbonyl (C=O) groups is 2. The van der Waals surface area contributed by atoms with Crippen molar-refractivity contribution in [2.45, 2.75) is 0 Å². The number of carboxylic acids is 1. The summed E-state index contributed by atoms with van der Waals surface area (Å²) in [6.45, 7) is 0. The van der Waals surface area contributed by atoms with Gasteiger partial charge in [-0.25, -0.2) is 4.79 Å². The predicted molar refractivity (Wildman–Crippen MR) is 104 cm³/mol. The molecule has 0 radical (unpaired) electrons. The third kappa shape index (κ3) is 3.42. The van der Waals surface area contributed by atoms with Crippen molar-refractivity contribution in [1.82, 2.24) is 0 Å². The molecule has 0 bridgehead atoms. The van der Waals surface area contributed by atoms with E-state index in [1.807, 2.05) is 12.1 Å². The summed E-state index contributed by atoms with van der Waals surface area (Å²) in [5.41, 5.74) is 0.805. The fourth-order valence-electron chi connectivity index (χ4n) is 2.38. The molecule has 3 rings (SSSR count). The monoisotopic (exact) mass is 387 g/mol. The van der Waals surface area contributed by atoms with Gasteiger partial charge in [-0.05, 0) is 42.0 Å². The first kappa shape index (κ1) is 18.0. The zero-order chi connectivity index (χ0) is 18.8. The van der Waals surface area contributed by atoms with E-state index in [1.54, 1.807) is 25.3 Å². The summed E-state index contributed by atoms with van der Waals surface area (Å²) < 4.78 is 5.39. The summed E-state index contributed by atoms with van der Waals surface area (Å²) in [5.74, 6) is -1.30. The Morgan fingerprint density at radius 3 is 2.54 bits per heavy atom. The molecule has 1 amide bonds. The van der Waals surface area contributed by atoms with E-state index in [0.29, 0.717) is 16.3 Å². The molecule has 0 atom stereocenters. The van der Waals surface area contributed by atoms with Gasteiger partial charge in [-0.3, -0.25) is 9.69 Å². The van der Waals surface area contributed by atoms with Gasteiger partial charge in [0, 0.05) is 0 Å².